The van der Waals surface area contributed by atoms with Crippen LogP contribution in [0.5, 0.6) is 0 Å². The molecule has 1 aromatic heterocycles. The summed E-state index contributed by atoms with van der Waals surface area (Å²) in [5, 5.41) is 18.7. The Morgan fingerprint density at radius 3 is 2.90 bits per heavy atom. The summed E-state index contributed by atoms with van der Waals surface area (Å²) in [4.78, 5) is 0. The number of aryl methyl sites for hydroxylation is 1. The Morgan fingerprint density at radius 1 is 1.50 bits per heavy atom. The molecule has 1 aromatic rings. The summed E-state index contributed by atoms with van der Waals surface area (Å²) in [7, 11) is 0. The summed E-state index contributed by atoms with van der Waals surface area (Å²) < 4.78 is 1.99. The minimum Gasteiger partial charge on any atom is -0.394 e. The second-order valence-corrected chi connectivity index (χ2v) is 6.82. The Bertz CT molecular complexity index is 472. The van der Waals surface area contributed by atoms with Crippen molar-refractivity contribution in [1.82, 2.24) is 15.1 Å². The fourth-order valence-corrected chi connectivity index (χ4v) is 3.71. The highest BCUT2D eigenvalue weighted by molar-refractivity contribution is 6.31. The van der Waals surface area contributed by atoms with Gasteiger partial charge in [0.05, 0.1) is 23.5 Å². The van der Waals surface area contributed by atoms with E-state index in [4.69, 9.17) is 11.6 Å². The molecule has 20 heavy (non-hydrogen) atoms. The Kier molecular flexibility index (Phi) is 4.07. The standard InChI is InChI=1S/C15H24ClN3O/c1-11-14(16)9-17-19(11)8-6-12-3-2-7-15(12,10-20)18-13-4-5-13/h9,12-13,18,20H,2-8,10H2,1H3. The van der Waals surface area contributed by atoms with E-state index in [0.29, 0.717) is 12.0 Å². The quantitative estimate of drug-likeness (QED) is 0.848. The summed E-state index contributed by atoms with van der Waals surface area (Å²) >= 11 is 6.05. The number of aromatic nitrogens is 2. The summed E-state index contributed by atoms with van der Waals surface area (Å²) in [6.07, 6.45) is 8.82. The lowest BCUT2D eigenvalue weighted by molar-refractivity contribution is 0.114. The predicted molar refractivity (Wildman–Crippen MR) is 79.9 cm³/mol. The van der Waals surface area contributed by atoms with Gasteiger partial charge in [-0.25, -0.2) is 0 Å². The van der Waals surface area contributed by atoms with Crippen LogP contribution in [-0.2, 0) is 6.54 Å². The smallest absolute Gasteiger partial charge is 0.0814 e. The molecular weight excluding hydrogens is 274 g/mol. The number of nitrogens with one attached hydrogen (secondary N) is 1. The fourth-order valence-electron chi connectivity index (χ4n) is 3.57. The Morgan fingerprint density at radius 2 is 2.30 bits per heavy atom. The highest BCUT2D eigenvalue weighted by Crippen LogP contribution is 2.40. The average Bonchev–Trinajstić information content (AvgIpc) is 3.09. The normalized spacial score (nSPS) is 30.1. The van der Waals surface area contributed by atoms with Crippen molar-refractivity contribution in [3.63, 3.8) is 0 Å². The third-order valence-corrected chi connectivity index (χ3v) is 5.41. The number of nitrogens with zero attached hydrogens (tertiary/aromatic N) is 2. The minimum absolute atomic E-state index is 0.0496. The fraction of sp³-hybridized carbons (Fsp3) is 0.800. The second kappa shape index (κ2) is 5.66. The molecule has 112 valence electrons. The largest absolute Gasteiger partial charge is 0.394 e. The molecule has 1 heterocycles. The molecule has 2 unspecified atom stereocenters. The number of aliphatic hydroxyl groups is 1. The molecule has 3 rings (SSSR count). The molecule has 2 N–H and O–H groups in total. The number of hydrogen-bond acceptors (Lipinski definition) is 3. The molecule has 0 aromatic carbocycles. The van der Waals surface area contributed by atoms with Crippen LogP contribution in [-0.4, -0.2) is 33.1 Å². The Labute approximate surface area is 125 Å². The van der Waals surface area contributed by atoms with Crippen LogP contribution >= 0.6 is 11.6 Å². The maximum Gasteiger partial charge on any atom is 0.0814 e. The van der Waals surface area contributed by atoms with E-state index >= 15 is 0 Å². The van der Waals surface area contributed by atoms with Crippen LogP contribution in [0.4, 0.5) is 0 Å². The van der Waals surface area contributed by atoms with Gasteiger partial charge in [-0.1, -0.05) is 18.0 Å². The van der Waals surface area contributed by atoms with Crippen LogP contribution in [0.15, 0.2) is 6.20 Å². The summed E-state index contributed by atoms with van der Waals surface area (Å²) in [5.74, 6) is 0.537. The zero-order valence-corrected chi connectivity index (χ0v) is 12.9. The molecule has 0 spiro atoms. The first-order chi connectivity index (χ1) is 9.64. The van der Waals surface area contributed by atoms with E-state index in [0.717, 1.165) is 30.1 Å². The van der Waals surface area contributed by atoms with Gasteiger partial charge in [0.25, 0.3) is 0 Å². The van der Waals surface area contributed by atoms with Crippen LogP contribution in [0.2, 0.25) is 5.02 Å². The molecule has 2 aliphatic rings. The van der Waals surface area contributed by atoms with Crippen LogP contribution in [0.3, 0.4) is 0 Å². The summed E-state index contributed by atoms with van der Waals surface area (Å²) in [5.41, 5.74) is 0.987. The van der Waals surface area contributed by atoms with E-state index in [2.05, 4.69) is 10.4 Å². The van der Waals surface area contributed by atoms with Gasteiger partial charge in [-0.15, -0.1) is 0 Å². The maximum absolute atomic E-state index is 9.91. The molecule has 0 bridgehead atoms. The van der Waals surface area contributed by atoms with E-state index in [9.17, 15) is 5.11 Å². The zero-order chi connectivity index (χ0) is 14.2. The van der Waals surface area contributed by atoms with E-state index < -0.39 is 0 Å². The van der Waals surface area contributed by atoms with Crippen molar-refractivity contribution in [1.29, 1.82) is 0 Å². The monoisotopic (exact) mass is 297 g/mol. The minimum atomic E-state index is -0.0496. The van der Waals surface area contributed by atoms with Crippen LogP contribution in [0.1, 0.15) is 44.2 Å². The lowest BCUT2D eigenvalue weighted by atomic mass is 9.85. The summed E-state index contributed by atoms with van der Waals surface area (Å²) in [6, 6.07) is 0.642. The second-order valence-electron chi connectivity index (χ2n) is 6.41. The van der Waals surface area contributed by atoms with Crippen molar-refractivity contribution in [2.75, 3.05) is 6.61 Å². The first kappa shape index (κ1) is 14.4. The van der Waals surface area contributed by atoms with Gasteiger partial charge < -0.3 is 10.4 Å². The number of rotatable bonds is 6. The molecule has 5 heteroatoms. The topological polar surface area (TPSA) is 50.1 Å². The maximum atomic E-state index is 9.91. The van der Waals surface area contributed by atoms with Gasteiger partial charge >= 0.3 is 0 Å². The van der Waals surface area contributed by atoms with E-state index in [1.165, 1.54) is 25.7 Å². The van der Waals surface area contributed by atoms with Crippen molar-refractivity contribution < 1.29 is 5.11 Å². The van der Waals surface area contributed by atoms with Crippen molar-refractivity contribution in [2.45, 2.75) is 63.6 Å². The van der Waals surface area contributed by atoms with E-state index in [1.807, 2.05) is 11.6 Å². The number of halogens is 1. The lowest BCUT2D eigenvalue weighted by Gasteiger charge is -2.35. The molecule has 2 aliphatic carbocycles. The molecule has 0 saturated heterocycles. The van der Waals surface area contributed by atoms with Gasteiger partial charge in [-0.2, -0.15) is 5.10 Å². The third-order valence-electron chi connectivity index (χ3n) is 5.04. The van der Waals surface area contributed by atoms with E-state index in [-0.39, 0.29) is 12.1 Å². The molecule has 2 saturated carbocycles. The molecule has 4 nitrogen and oxygen atoms in total. The van der Waals surface area contributed by atoms with Crippen molar-refractivity contribution in [2.24, 2.45) is 5.92 Å². The molecule has 2 fully saturated rings. The first-order valence-corrected chi connectivity index (χ1v) is 8.09. The van der Waals surface area contributed by atoms with Gasteiger partial charge in [-0.05, 0) is 44.9 Å². The highest BCUT2D eigenvalue weighted by atomic mass is 35.5. The van der Waals surface area contributed by atoms with Crippen LogP contribution < -0.4 is 5.32 Å². The van der Waals surface area contributed by atoms with Crippen molar-refractivity contribution in [3.8, 4) is 0 Å². The SMILES string of the molecule is Cc1c(Cl)cnn1CCC1CCCC1(CO)NC1CC1. The lowest BCUT2D eigenvalue weighted by Crippen LogP contribution is -2.52. The van der Waals surface area contributed by atoms with Gasteiger partial charge in [-0.3, -0.25) is 4.68 Å². The van der Waals surface area contributed by atoms with E-state index in [1.54, 1.807) is 6.20 Å². The molecular formula is C15H24ClN3O. The molecule has 2 atom stereocenters. The predicted octanol–water partition coefficient (Wildman–Crippen LogP) is 2.52. The Balaban J connectivity index is 1.64. The van der Waals surface area contributed by atoms with Gasteiger partial charge in [0.1, 0.15) is 0 Å². The van der Waals surface area contributed by atoms with Gasteiger partial charge in [0, 0.05) is 18.1 Å². The van der Waals surface area contributed by atoms with Crippen molar-refractivity contribution in [3.05, 3.63) is 16.9 Å². The van der Waals surface area contributed by atoms with Gasteiger partial charge in [0.15, 0.2) is 0 Å². The van der Waals surface area contributed by atoms with Crippen molar-refractivity contribution >= 4 is 11.6 Å². The Hall–Kier alpha value is -0.580. The number of aliphatic hydroxyl groups excluding tert-OH is 1. The third kappa shape index (κ3) is 2.74. The van der Waals surface area contributed by atoms with Gasteiger partial charge in [0.2, 0.25) is 0 Å². The van der Waals surface area contributed by atoms with Crippen LogP contribution in [0.25, 0.3) is 0 Å². The highest BCUT2D eigenvalue weighted by Gasteiger charge is 2.44. The molecule has 0 aliphatic heterocycles. The molecule has 0 amide bonds. The zero-order valence-electron chi connectivity index (χ0n) is 12.1. The first-order valence-electron chi connectivity index (χ1n) is 7.71. The molecule has 0 radical (unpaired) electrons. The average molecular weight is 298 g/mol. The van der Waals surface area contributed by atoms with Crippen LogP contribution in [0, 0.1) is 12.8 Å². The number of hydrogen-bond donors (Lipinski definition) is 2. The summed E-state index contributed by atoms with van der Waals surface area (Å²) in [6.45, 7) is 3.15.